The monoisotopic (exact) mass is 472 g/mol. The number of aromatic nitrogens is 3. The Morgan fingerprint density at radius 2 is 2.03 bits per heavy atom. The number of anilines is 2. The summed E-state index contributed by atoms with van der Waals surface area (Å²) in [6.45, 7) is 4.19. The lowest BCUT2D eigenvalue weighted by Crippen LogP contribution is -2.41. The van der Waals surface area contributed by atoms with E-state index in [4.69, 9.17) is 22.1 Å². The number of hydrogen-bond donors (Lipinski definition) is 3. The number of rotatable bonds is 9. The van der Waals surface area contributed by atoms with E-state index >= 15 is 0 Å². The van der Waals surface area contributed by atoms with E-state index in [-0.39, 0.29) is 28.7 Å². The van der Waals surface area contributed by atoms with Gasteiger partial charge in [-0.1, -0.05) is 25.4 Å². The molecule has 0 saturated carbocycles. The average Bonchev–Trinajstić information content (AvgIpc) is 2.79. The lowest BCUT2D eigenvalue weighted by atomic mass is 10.1. The van der Waals surface area contributed by atoms with Crippen LogP contribution >= 0.6 is 11.6 Å². The molecule has 0 aliphatic heterocycles. The van der Waals surface area contributed by atoms with Crippen molar-refractivity contribution in [1.29, 1.82) is 0 Å². The van der Waals surface area contributed by atoms with Gasteiger partial charge in [0.2, 0.25) is 0 Å². The molecule has 10 heteroatoms. The summed E-state index contributed by atoms with van der Waals surface area (Å²) < 4.78 is 19.7. The molecule has 33 heavy (non-hydrogen) atoms. The van der Waals surface area contributed by atoms with Crippen LogP contribution in [0.15, 0.2) is 42.9 Å². The Morgan fingerprint density at radius 3 is 2.76 bits per heavy atom. The number of amides is 1. The first-order chi connectivity index (χ1) is 15.8. The molecule has 0 aliphatic carbocycles. The highest BCUT2D eigenvalue weighted by Gasteiger charge is 2.18. The van der Waals surface area contributed by atoms with Crippen molar-refractivity contribution in [3.63, 3.8) is 0 Å². The van der Waals surface area contributed by atoms with Crippen LogP contribution in [0.1, 0.15) is 37.0 Å². The molecule has 3 aromatic rings. The van der Waals surface area contributed by atoms with E-state index in [0.717, 1.165) is 6.42 Å². The number of halogens is 2. The smallest absolute Gasteiger partial charge is 0.256 e. The largest absolute Gasteiger partial charge is 0.491 e. The van der Waals surface area contributed by atoms with Crippen molar-refractivity contribution < 1.29 is 13.9 Å². The molecule has 1 aromatic carbocycles. The minimum absolute atomic E-state index is 0.106. The van der Waals surface area contributed by atoms with Crippen LogP contribution in [0.25, 0.3) is 11.4 Å². The van der Waals surface area contributed by atoms with Gasteiger partial charge < -0.3 is 21.1 Å². The number of pyridine rings is 1. The molecule has 8 nitrogen and oxygen atoms in total. The van der Waals surface area contributed by atoms with Gasteiger partial charge in [-0.25, -0.2) is 14.4 Å². The zero-order valence-electron chi connectivity index (χ0n) is 18.6. The van der Waals surface area contributed by atoms with Crippen molar-refractivity contribution in [3.05, 3.63) is 59.3 Å². The molecule has 1 unspecified atom stereocenters. The first kappa shape index (κ1) is 24.3. The second-order valence-corrected chi connectivity index (χ2v) is 8.27. The average molecular weight is 473 g/mol. The van der Waals surface area contributed by atoms with Crippen LogP contribution in [0.3, 0.4) is 0 Å². The van der Waals surface area contributed by atoms with Crippen LogP contribution in [0.5, 0.6) is 5.75 Å². The standard InChI is InChI=1S/C23H26ClFN6O2/c1-13(2)4-7-20(26)30-23(32)16-11-27-9-8-18(16)29-22-19(33-3)12-28-21(31-22)15-10-14(24)5-6-17(15)25/h5-6,8-13,20H,4,7,26H2,1-3H3,(H,30,32)(H,27,28,29,31). The first-order valence-electron chi connectivity index (χ1n) is 10.4. The molecular weight excluding hydrogens is 447 g/mol. The molecule has 4 N–H and O–H groups in total. The third kappa shape index (κ3) is 6.36. The highest BCUT2D eigenvalue weighted by molar-refractivity contribution is 6.30. The van der Waals surface area contributed by atoms with Gasteiger partial charge in [0.05, 0.1) is 36.3 Å². The summed E-state index contributed by atoms with van der Waals surface area (Å²) in [5.74, 6) is 0.233. The Balaban J connectivity index is 1.89. The fraction of sp³-hybridized carbons (Fsp3) is 0.304. The fourth-order valence-electron chi connectivity index (χ4n) is 3.05. The predicted octanol–water partition coefficient (Wildman–Crippen LogP) is 4.53. The summed E-state index contributed by atoms with van der Waals surface area (Å²) in [6, 6.07) is 5.74. The fourth-order valence-corrected chi connectivity index (χ4v) is 3.22. The van der Waals surface area contributed by atoms with Crippen molar-refractivity contribution in [2.75, 3.05) is 12.4 Å². The van der Waals surface area contributed by atoms with Gasteiger partial charge in [-0.3, -0.25) is 9.78 Å². The summed E-state index contributed by atoms with van der Waals surface area (Å²) in [5.41, 5.74) is 6.89. The number of benzene rings is 1. The number of carbonyl (C=O) groups excluding carboxylic acids is 1. The molecule has 0 spiro atoms. The maximum Gasteiger partial charge on any atom is 0.256 e. The van der Waals surface area contributed by atoms with Gasteiger partial charge in [0.15, 0.2) is 17.4 Å². The van der Waals surface area contributed by atoms with Crippen LogP contribution < -0.4 is 21.1 Å². The van der Waals surface area contributed by atoms with Gasteiger partial charge in [0.1, 0.15) is 5.82 Å². The van der Waals surface area contributed by atoms with Crippen LogP contribution in [-0.2, 0) is 0 Å². The lowest BCUT2D eigenvalue weighted by Gasteiger charge is -2.17. The Kier molecular flexibility index (Phi) is 8.13. The second kappa shape index (κ2) is 11.0. The molecule has 0 aliphatic rings. The maximum absolute atomic E-state index is 14.3. The van der Waals surface area contributed by atoms with Crippen molar-refractivity contribution in [1.82, 2.24) is 20.3 Å². The third-order valence-electron chi connectivity index (χ3n) is 4.83. The summed E-state index contributed by atoms with van der Waals surface area (Å²) >= 11 is 6.01. The molecular formula is C23H26ClFN6O2. The van der Waals surface area contributed by atoms with Gasteiger partial charge in [-0.2, -0.15) is 0 Å². The number of hydrogen-bond acceptors (Lipinski definition) is 7. The Hall–Kier alpha value is -3.30. The predicted molar refractivity (Wildman–Crippen MR) is 126 cm³/mol. The normalized spacial score (nSPS) is 11.8. The van der Waals surface area contributed by atoms with E-state index in [1.807, 2.05) is 0 Å². The highest BCUT2D eigenvalue weighted by atomic mass is 35.5. The molecule has 174 valence electrons. The minimum atomic E-state index is -0.519. The zero-order valence-corrected chi connectivity index (χ0v) is 19.4. The quantitative estimate of drug-likeness (QED) is 0.392. The van der Waals surface area contributed by atoms with E-state index in [0.29, 0.717) is 28.8 Å². The van der Waals surface area contributed by atoms with Crippen LogP contribution in [0.4, 0.5) is 15.9 Å². The number of nitrogens with zero attached hydrogens (tertiary/aromatic N) is 3. The number of methoxy groups -OCH3 is 1. The second-order valence-electron chi connectivity index (χ2n) is 7.83. The van der Waals surface area contributed by atoms with Crippen molar-refractivity contribution in [3.8, 4) is 17.1 Å². The lowest BCUT2D eigenvalue weighted by molar-refractivity contribution is 0.0935. The summed E-state index contributed by atoms with van der Waals surface area (Å²) in [4.78, 5) is 25.5. The third-order valence-corrected chi connectivity index (χ3v) is 5.07. The van der Waals surface area contributed by atoms with Gasteiger partial charge in [0, 0.05) is 17.4 Å². The topological polar surface area (TPSA) is 115 Å². The van der Waals surface area contributed by atoms with E-state index in [9.17, 15) is 9.18 Å². The van der Waals surface area contributed by atoms with Gasteiger partial charge >= 0.3 is 0 Å². The highest BCUT2D eigenvalue weighted by Crippen LogP contribution is 2.30. The number of carbonyl (C=O) groups is 1. The van der Waals surface area contributed by atoms with E-state index < -0.39 is 12.0 Å². The summed E-state index contributed by atoms with van der Waals surface area (Å²) in [7, 11) is 1.46. The molecule has 0 radical (unpaired) electrons. The van der Waals surface area contributed by atoms with Crippen LogP contribution in [-0.4, -0.2) is 34.1 Å². The SMILES string of the molecule is COc1cnc(-c2cc(Cl)ccc2F)nc1Nc1ccncc1C(=O)NC(N)CCC(C)C. The van der Waals surface area contributed by atoms with Gasteiger partial charge in [0.25, 0.3) is 5.91 Å². The molecule has 0 saturated heterocycles. The molecule has 2 aromatic heterocycles. The maximum atomic E-state index is 14.3. The Bertz CT molecular complexity index is 1130. The van der Waals surface area contributed by atoms with E-state index in [1.54, 1.807) is 6.07 Å². The summed E-state index contributed by atoms with van der Waals surface area (Å²) in [6.07, 6.45) is 5.43. The first-order valence-corrected chi connectivity index (χ1v) is 10.8. The molecule has 1 atom stereocenters. The molecule has 1 amide bonds. The molecule has 2 heterocycles. The minimum Gasteiger partial charge on any atom is -0.491 e. The zero-order chi connectivity index (χ0) is 24.0. The van der Waals surface area contributed by atoms with Gasteiger partial charge in [-0.05, 0) is 43.0 Å². The van der Waals surface area contributed by atoms with Crippen molar-refractivity contribution in [2.45, 2.75) is 32.9 Å². The number of ether oxygens (including phenoxy) is 1. The Morgan fingerprint density at radius 1 is 1.24 bits per heavy atom. The Labute approximate surface area is 196 Å². The molecule has 3 rings (SSSR count). The summed E-state index contributed by atoms with van der Waals surface area (Å²) in [5, 5.41) is 6.20. The number of nitrogens with one attached hydrogen (secondary N) is 2. The van der Waals surface area contributed by atoms with E-state index in [1.165, 1.54) is 43.9 Å². The van der Waals surface area contributed by atoms with Crippen LogP contribution in [0.2, 0.25) is 5.02 Å². The number of nitrogens with two attached hydrogens (primary N) is 1. The van der Waals surface area contributed by atoms with Crippen molar-refractivity contribution in [2.24, 2.45) is 11.7 Å². The van der Waals surface area contributed by atoms with E-state index in [2.05, 4.69) is 39.4 Å². The van der Waals surface area contributed by atoms with Crippen LogP contribution in [0, 0.1) is 11.7 Å². The molecule has 0 fully saturated rings. The van der Waals surface area contributed by atoms with Gasteiger partial charge in [-0.15, -0.1) is 0 Å². The molecule has 0 bridgehead atoms. The van der Waals surface area contributed by atoms with Crippen molar-refractivity contribution >= 4 is 29.0 Å².